The Bertz CT molecular complexity index is 2170. The van der Waals surface area contributed by atoms with Gasteiger partial charge in [-0.2, -0.15) is 0 Å². The number of nitro benzene ring substituents is 1. The fourth-order valence-electron chi connectivity index (χ4n) is 8.69. The van der Waals surface area contributed by atoms with Crippen LogP contribution in [0.2, 0.25) is 18.6 Å². The molecule has 2 saturated heterocycles. The van der Waals surface area contributed by atoms with E-state index in [9.17, 15) is 45.2 Å². The molecule has 19 heteroatoms. The highest BCUT2D eigenvalue weighted by Crippen LogP contribution is 2.60. The van der Waals surface area contributed by atoms with Crippen LogP contribution in [0.15, 0.2) is 79.0 Å². The minimum absolute atomic E-state index is 0.0850. The number of hydrogen-bond donors (Lipinski definition) is 6. The number of fused-ring (bicyclic) bond motifs is 2. The van der Waals surface area contributed by atoms with Gasteiger partial charge in [0.1, 0.15) is 18.3 Å². The van der Waals surface area contributed by atoms with E-state index in [1.165, 1.54) is 29.2 Å². The Morgan fingerprint density at radius 2 is 1.79 bits per heavy atom. The second-order valence-corrected chi connectivity index (χ2v) is 19.4. The predicted molar refractivity (Wildman–Crippen MR) is 206 cm³/mol. The fourth-order valence-corrected chi connectivity index (χ4v) is 11.2. The third kappa shape index (κ3) is 7.43. The van der Waals surface area contributed by atoms with Crippen molar-refractivity contribution in [3.8, 4) is 0 Å². The van der Waals surface area contributed by atoms with Crippen molar-refractivity contribution in [2.24, 2.45) is 5.92 Å². The van der Waals surface area contributed by atoms with Crippen molar-refractivity contribution >= 4 is 37.3 Å². The molecule has 4 aromatic rings. The van der Waals surface area contributed by atoms with Crippen molar-refractivity contribution in [1.82, 2.24) is 15.0 Å². The molecule has 3 aliphatic rings. The number of nitro groups is 1. The van der Waals surface area contributed by atoms with Crippen LogP contribution >= 0.6 is 0 Å². The van der Waals surface area contributed by atoms with E-state index in [4.69, 9.17) is 9.47 Å². The number of carbonyl (C=O) groups excluding carboxylic acids is 2. The molecule has 6 N–H and O–H groups in total. The van der Waals surface area contributed by atoms with Crippen molar-refractivity contribution in [2.75, 3.05) is 16.8 Å². The Balaban J connectivity index is 1.15. The molecule has 4 heterocycles. The second kappa shape index (κ2) is 16.0. The van der Waals surface area contributed by atoms with Crippen LogP contribution in [0, 0.1) is 16.0 Å². The van der Waals surface area contributed by atoms with Gasteiger partial charge in [0.2, 0.25) is 8.41 Å². The van der Waals surface area contributed by atoms with Gasteiger partial charge >= 0.3 is 0 Å². The maximum absolute atomic E-state index is 16.5. The molecule has 17 nitrogen and oxygen atoms in total. The lowest BCUT2D eigenvalue weighted by atomic mass is 9.82. The van der Waals surface area contributed by atoms with Crippen molar-refractivity contribution in [2.45, 2.75) is 93.4 Å². The van der Waals surface area contributed by atoms with Crippen molar-refractivity contribution in [3.63, 3.8) is 0 Å². The molecule has 0 saturated carbocycles. The summed E-state index contributed by atoms with van der Waals surface area (Å²) in [5, 5.41) is 73.4. The van der Waals surface area contributed by atoms with E-state index in [0.717, 1.165) is 5.56 Å². The predicted octanol–water partition coefficient (Wildman–Crippen LogP) is 2.46. The van der Waals surface area contributed by atoms with E-state index >= 15 is 4.11 Å². The lowest BCUT2D eigenvalue weighted by Crippen LogP contribution is -2.60. The third-order valence-corrected chi connectivity index (χ3v) is 13.9. The summed E-state index contributed by atoms with van der Waals surface area (Å²) in [7, 11) is -3.60. The molecular weight excluding hydrogens is 776 g/mol. The summed E-state index contributed by atoms with van der Waals surface area (Å²) in [6.45, 7) is 4.81. The summed E-state index contributed by atoms with van der Waals surface area (Å²) in [6.07, 6.45) is -7.99. The standard InChI is InChI=1S/C39H45FN6O11Si/c1-21-35(58(2,3)40)30(14-15-44-19-28(42-43-44)26(20-47)23-9-5-4-6-10-23)57-39(21)27-17-25(46(54)55)12-13-29(27)45(38(39)53)18-22-8-7-11-24(16-22)41-36(51)34-32(49)31(48)33(50)37(52)56-34/h4-13,16-17,19,21,26,30-35,37,47-50,52H,14-15,18,20H2,1-3H3,(H,41,51)/t21-,26?,30+,31-,32-,33+,34-,35-,37+,39+/m0/s1. The maximum atomic E-state index is 16.5. The van der Waals surface area contributed by atoms with Crippen LogP contribution in [0.3, 0.4) is 0 Å². The van der Waals surface area contributed by atoms with Gasteiger partial charge in [-0.25, -0.2) is 0 Å². The number of halogens is 1. The number of rotatable bonds is 12. The molecule has 0 aliphatic carbocycles. The zero-order valence-corrected chi connectivity index (χ0v) is 32.8. The van der Waals surface area contributed by atoms with E-state index in [-0.39, 0.29) is 43.1 Å². The number of hydrogen-bond acceptors (Lipinski definition) is 13. The Kier molecular flexibility index (Phi) is 11.3. The van der Waals surface area contributed by atoms with E-state index in [2.05, 4.69) is 15.6 Å². The molecule has 3 aromatic carbocycles. The SMILES string of the molecule is C[C@H]1[C@H]([Si](C)(C)F)[C@@H](CCn2cc(C(CO)c3ccccc3)nn2)O[C@]12C(=O)N(Cc1cccc(NC(=O)[C@H]3O[C@@H](O)[C@H](O)[C@@H](O)[C@@H]3O)c1)c1ccc([N+](=O)[O-])cc12. The molecule has 0 bridgehead atoms. The minimum Gasteiger partial charge on any atom is -0.395 e. The average Bonchev–Trinajstić information content (AvgIpc) is 3.85. The normalized spacial score (nSPS) is 28.8. The summed E-state index contributed by atoms with van der Waals surface area (Å²) in [6, 6.07) is 19.8. The number of nitrogens with one attached hydrogen (secondary N) is 1. The van der Waals surface area contributed by atoms with Gasteiger partial charge in [0, 0.05) is 47.6 Å². The van der Waals surface area contributed by atoms with Gasteiger partial charge in [0.15, 0.2) is 18.0 Å². The van der Waals surface area contributed by atoms with Crippen molar-refractivity contribution in [3.05, 3.63) is 111 Å². The summed E-state index contributed by atoms with van der Waals surface area (Å²) in [4.78, 5) is 40.9. The zero-order chi connectivity index (χ0) is 41.7. The number of benzene rings is 3. The number of aryl methyl sites for hydroxylation is 1. The van der Waals surface area contributed by atoms with E-state index in [1.54, 1.807) is 49.1 Å². The Morgan fingerprint density at radius 3 is 2.48 bits per heavy atom. The largest absolute Gasteiger partial charge is 0.395 e. The monoisotopic (exact) mass is 820 g/mol. The van der Waals surface area contributed by atoms with Gasteiger partial charge in [0.05, 0.1) is 41.5 Å². The molecule has 308 valence electrons. The van der Waals surface area contributed by atoms with E-state index < -0.39 is 84.9 Å². The number of aliphatic hydroxyl groups is 5. The quantitative estimate of drug-likeness (QED) is 0.0522. The van der Waals surface area contributed by atoms with Gasteiger partial charge < -0.3 is 49.3 Å². The Labute approximate surface area is 333 Å². The Hall–Kier alpha value is -4.99. The minimum atomic E-state index is -3.60. The van der Waals surface area contributed by atoms with Crippen molar-refractivity contribution in [1.29, 1.82) is 0 Å². The van der Waals surface area contributed by atoms with E-state index in [1.807, 2.05) is 30.3 Å². The van der Waals surface area contributed by atoms with Gasteiger partial charge in [0.25, 0.3) is 17.5 Å². The highest BCUT2D eigenvalue weighted by molar-refractivity contribution is 6.72. The van der Waals surface area contributed by atoms with Gasteiger partial charge in [-0.15, -0.1) is 5.10 Å². The number of aliphatic hydroxyl groups excluding tert-OH is 5. The molecule has 0 radical (unpaired) electrons. The van der Waals surface area contributed by atoms with Crippen LogP contribution in [0.4, 0.5) is 21.2 Å². The van der Waals surface area contributed by atoms with Crippen LogP contribution in [0.25, 0.3) is 0 Å². The molecule has 1 spiro atoms. The third-order valence-electron chi connectivity index (χ3n) is 11.5. The number of aromatic nitrogens is 3. The van der Waals surface area contributed by atoms with Crippen LogP contribution in [0.1, 0.15) is 41.6 Å². The maximum Gasteiger partial charge on any atom is 0.269 e. The molecule has 1 unspecified atom stereocenters. The molecule has 58 heavy (non-hydrogen) atoms. The summed E-state index contributed by atoms with van der Waals surface area (Å²) in [5.74, 6) is -2.61. The Morgan fingerprint density at radius 1 is 1.05 bits per heavy atom. The number of non-ortho nitro benzene ring substituents is 1. The van der Waals surface area contributed by atoms with Crippen LogP contribution in [0.5, 0.6) is 0 Å². The highest BCUT2D eigenvalue weighted by Gasteiger charge is 2.67. The van der Waals surface area contributed by atoms with Gasteiger partial charge in [-0.3, -0.25) is 24.4 Å². The molecule has 2 fully saturated rings. The topological polar surface area (TPSA) is 243 Å². The molecule has 1 aromatic heterocycles. The lowest BCUT2D eigenvalue weighted by Gasteiger charge is -2.37. The number of nitrogens with zero attached hydrogens (tertiary/aromatic N) is 5. The van der Waals surface area contributed by atoms with Crippen LogP contribution < -0.4 is 10.2 Å². The number of carbonyl (C=O) groups is 2. The first-order valence-electron chi connectivity index (χ1n) is 18.9. The van der Waals surface area contributed by atoms with Crippen LogP contribution in [-0.4, -0.2) is 109 Å². The molecule has 2 amide bonds. The summed E-state index contributed by atoms with van der Waals surface area (Å²) >= 11 is 0. The first kappa shape index (κ1) is 41.2. The fraction of sp³-hybridized carbons (Fsp3) is 0.436. The molecule has 7 rings (SSSR count). The average molecular weight is 821 g/mol. The first-order chi connectivity index (χ1) is 27.5. The van der Waals surface area contributed by atoms with Gasteiger partial charge in [-0.05, 0) is 48.8 Å². The summed E-state index contributed by atoms with van der Waals surface area (Å²) < 4.78 is 29.9. The second-order valence-electron chi connectivity index (χ2n) is 15.6. The summed E-state index contributed by atoms with van der Waals surface area (Å²) in [5.41, 5.74) is -0.0512. The van der Waals surface area contributed by atoms with E-state index in [0.29, 0.717) is 16.9 Å². The number of amides is 2. The van der Waals surface area contributed by atoms with Gasteiger partial charge in [-0.1, -0.05) is 54.6 Å². The number of anilines is 2. The molecular formula is C39H45FN6O11Si. The van der Waals surface area contributed by atoms with Crippen molar-refractivity contribution < 1.29 is 53.6 Å². The molecule has 3 aliphatic heterocycles. The smallest absolute Gasteiger partial charge is 0.269 e. The number of ether oxygens (including phenoxy) is 2. The molecule has 10 atom stereocenters. The first-order valence-corrected chi connectivity index (χ1v) is 21.8. The highest BCUT2D eigenvalue weighted by atomic mass is 28.4. The lowest BCUT2D eigenvalue weighted by molar-refractivity contribution is -0.385. The zero-order valence-electron chi connectivity index (χ0n) is 31.8. The van der Waals surface area contributed by atoms with Crippen LogP contribution in [-0.2, 0) is 37.8 Å².